The smallest absolute Gasteiger partial charge is 0.251 e. The Hall–Kier alpha value is -2.96. The standard InChI is InChI=1S/C26H26FN3O2/c27-22-7-5-17-6-8-24(31)30-16-19(25(22)26(17)30)15-29-11-9-20(10-12-29)28-14-21-13-18-3-1-2-4-23(18)32-21/h1-8,13,19-20,28H,9-12,14-16H2/t19-/m1/s1. The zero-order valence-electron chi connectivity index (χ0n) is 17.9. The minimum absolute atomic E-state index is 0.0221. The highest BCUT2D eigenvalue weighted by Crippen LogP contribution is 2.35. The number of nitrogens with one attached hydrogen (secondary N) is 1. The van der Waals surface area contributed by atoms with Crippen LogP contribution in [0.3, 0.4) is 0 Å². The molecule has 0 saturated carbocycles. The molecule has 2 aliphatic heterocycles. The number of likely N-dealkylation sites (tertiary alicyclic amines) is 1. The molecule has 4 heterocycles. The van der Waals surface area contributed by atoms with Gasteiger partial charge in [-0.3, -0.25) is 4.79 Å². The number of hydrogen-bond acceptors (Lipinski definition) is 4. The van der Waals surface area contributed by atoms with Crippen molar-refractivity contribution in [2.45, 2.75) is 37.9 Å². The Morgan fingerprint density at radius 3 is 2.69 bits per heavy atom. The topological polar surface area (TPSA) is 50.4 Å². The minimum Gasteiger partial charge on any atom is -0.460 e. The summed E-state index contributed by atoms with van der Waals surface area (Å²) in [5, 5.41) is 5.71. The lowest BCUT2D eigenvalue weighted by molar-refractivity contribution is 0.183. The number of rotatable bonds is 5. The summed E-state index contributed by atoms with van der Waals surface area (Å²) in [6.45, 7) is 4.02. The van der Waals surface area contributed by atoms with Gasteiger partial charge in [0.05, 0.1) is 12.1 Å². The van der Waals surface area contributed by atoms with Gasteiger partial charge in [-0.05, 0) is 61.6 Å². The Morgan fingerprint density at radius 2 is 1.84 bits per heavy atom. The lowest BCUT2D eigenvalue weighted by Crippen LogP contribution is -2.43. The van der Waals surface area contributed by atoms with Gasteiger partial charge in [-0.25, -0.2) is 4.39 Å². The highest BCUT2D eigenvalue weighted by molar-refractivity contribution is 5.84. The van der Waals surface area contributed by atoms with Crippen molar-refractivity contribution in [3.63, 3.8) is 0 Å². The maximum absolute atomic E-state index is 14.7. The van der Waals surface area contributed by atoms with Gasteiger partial charge < -0.3 is 19.2 Å². The van der Waals surface area contributed by atoms with E-state index in [1.807, 2.05) is 18.2 Å². The fraction of sp³-hybridized carbons (Fsp3) is 0.346. The molecule has 1 atom stereocenters. The average molecular weight is 432 g/mol. The summed E-state index contributed by atoms with van der Waals surface area (Å²) in [6, 6.07) is 17.3. The van der Waals surface area contributed by atoms with Crippen molar-refractivity contribution in [3.8, 4) is 0 Å². The largest absolute Gasteiger partial charge is 0.460 e. The van der Waals surface area contributed by atoms with Gasteiger partial charge in [-0.2, -0.15) is 0 Å². The first-order valence-corrected chi connectivity index (χ1v) is 11.4. The van der Waals surface area contributed by atoms with E-state index in [9.17, 15) is 9.18 Å². The first kappa shape index (κ1) is 19.7. The van der Waals surface area contributed by atoms with Crippen LogP contribution >= 0.6 is 0 Å². The summed E-state index contributed by atoms with van der Waals surface area (Å²) < 4.78 is 22.4. The lowest BCUT2D eigenvalue weighted by atomic mass is 9.97. The van der Waals surface area contributed by atoms with Crippen molar-refractivity contribution in [1.82, 2.24) is 14.8 Å². The molecule has 0 aliphatic carbocycles. The summed E-state index contributed by atoms with van der Waals surface area (Å²) in [5.74, 6) is 0.793. The van der Waals surface area contributed by atoms with Crippen LogP contribution in [0.1, 0.15) is 30.1 Å². The van der Waals surface area contributed by atoms with Crippen LogP contribution in [0.2, 0.25) is 0 Å². The third-order valence-corrected chi connectivity index (χ3v) is 7.06. The van der Waals surface area contributed by atoms with E-state index in [1.54, 1.807) is 28.8 Å². The van der Waals surface area contributed by atoms with Gasteiger partial charge in [0, 0.05) is 42.1 Å². The Morgan fingerprint density at radius 1 is 1.03 bits per heavy atom. The van der Waals surface area contributed by atoms with Crippen molar-refractivity contribution in [2.75, 3.05) is 19.6 Å². The van der Waals surface area contributed by atoms with Crippen LogP contribution in [0.25, 0.3) is 21.9 Å². The quantitative estimate of drug-likeness (QED) is 0.514. The van der Waals surface area contributed by atoms with E-state index >= 15 is 0 Å². The molecule has 2 aromatic heterocycles. The summed E-state index contributed by atoms with van der Waals surface area (Å²) >= 11 is 0. The summed E-state index contributed by atoms with van der Waals surface area (Å²) in [7, 11) is 0. The van der Waals surface area contributed by atoms with Crippen molar-refractivity contribution in [3.05, 3.63) is 82.1 Å². The monoisotopic (exact) mass is 431 g/mol. The van der Waals surface area contributed by atoms with Crippen LogP contribution in [0.4, 0.5) is 4.39 Å². The van der Waals surface area contributed by atoms with E-state index in [0.717, 1.165) is 66.7 Å². The van der Waals surface area contributed by atoms with Gasteiger partial charge in [0.1, 0.15) is 17.2 Å². The third kappa shape index (κ3) is 3.44. The van der Waals surface area contributed by atoms with Crippen molar-refractivity contribution in [1.29, 1.82) is 0 Å². The molecule has 1 N–H and O–H groups in total. The number of piperidine rings is 1. The Kier molecular flexibility index (Phi) is 4.85. The molecule has 2 aromatic carbocycles. The number of hydrogen-bond donors (Lipinski definition) is 1. The number of halogens is 1. The number of fused-ring (bicyclic) bond motifs is 1. The van der Waals surface area contributed by atoms with Gasteiger partial charge >= 0.3 is 0 Å². The summed E-state index contributed by atoms with van der Waals surface area (Å²) in [6.07, 6.45) is 2.10. The normalized spacial score (nSPS) is 19.3. The van der Waals surface area contributed by atoms with Crippen LogP contribution in [0, 0.1) is 5.82 Å². The number of para-hydroxylation sites is 1. The molecule has 0 spiro atoms. The van der Waals surface area contributed by atoms with Gasteiger partial charge in [-0.1, -0.05) is 18.2 Å². The molecule has 0 bridgehead atoms. The van der Waals surface area contributed by atoms with E-state index in [0.29, 0.717) is 18.2 Å². The van der Waals surface area contributed by atoms with Crippen LogP contribution in [0.5, 0.6) is 0 Å². The second-order valence-corrected chi connectivity index (χ2v) is 9.08. The van der Waals surface area contributed by atoms with Gasteiger partial charge in [0.2, 0.25) is 0 Å². The maximum Gasteiger partial charge on any atom is 0.251 e. The predicted octanol–water partition coefficient (Wildman–Crippen LogP) is 4.24. The Balaban J connectivity index is 1.08. The van der Waals surface area contributed by atoms with Crippen LogP contribution in [-0.2, 0) is 13.1 Å². The highest BCUT2D eigenvalue weighted by Gasteiger charge is 2.31. The maximum atomic E-state index is 14.7. The predicted molar refractivity (Wildman–Crippen MR) is 123 cm³/mol. The van der Waals surface area contributed by atoms with E-state index in [1.165, 1.54) is 0 Å². The van der Waals surface area contributed by atoms with Gasteiger partial charge in [-0.15, -0.1) is 0 Å². The Bertz CT molecular complexity index is 1320. The first-order chi connectivity index (χ1) is 15.7. The zero-order chi connectivity index (χ0) is 21.7. The molecule has 0 radical (unpaired) electrons. The number of aromatic nitrogens is 1. The first-order valence-electron chi connectivity index (χ1n) is 11.4. The molecular formula is C26H26FN3O2. The van der Waals surface area contributed by atoms with Crippen LogP contribution in [0.15, 0.2) is 63.8 Å². The van der Waals surface area contributed by atoms with Gasteiger partial charge in [0.15, 0.2) is 0 Å². The summed E-state index contributed by atoms with van der Waals surface area (Å²) in [4.78, 5) is 14.8. The highest BCUT2D eigenvalue weighted by atomic mass is 19.1. The molecule has 32 heavy (non-hydrogen) atoms. The molecule has 2 aliphatic rings. The number of furan rings is 1. The SMILES string of the molecule is O=c1ccc2ccc(F)c3c2n1C[C@H]3CN1CCC(NCc2cc3ccccc3o2)CC1. The fourth-order valence-electron chi connectivity index (χ4n) is 5.43. The second-order valence-electron chi connectivity index (χ2n) is 9.08. The fourth-order valence-corrected chi connectivity index (χ4v) is 5.43. The van der Waals surface area contributed by atoms with E-state index < -0.39 is 0 Å². The number of nitrogens with zero attached hydrogens (tertiary/aromatic N) is 2. The van der Waals surface area contributed by atoms with E-state index in [2.05, 4.69) is 22.3 Å². The zero-order valence-corrected chi connectivity index (χ0v) is 17.9. The molecular weight excluding hydrogens is 405 g/mol. The third-order valence-electron chi connectivity index (χ3n) is 7.06. The molecule has 1 saturated heterocycles. The second kappa shape index (κ2) is 7.87. The molecule has 6 rings (SSSR count). The number of pyridine rings is 1. The molecule has 1 fully saturated rings. The van der Waals surface area contributed by atoms with Crippen molar-refractivity contribution >= 4 is 21.9 Å². The van der Waals surface area contributed by atoms with E-state index in [4.69, 9.17) is 4.42 Å². The van der Waals surface area contributed by atoms with E-state index in [-0.39, 0.29) is 17.3 Å². The average Bonchev–Trinajstić information content (AvgIpc) is 3.40. The molecule has 5 nitrogen and oxygen atoms in total. The summed E-state index contributed by atoms with van der Waals surface area (Å²) in [5.41, 5.74) is 2.38. The van der Waals surface area contributed by atoms with Gasteiger partial charge in [0.25, 0.3) is 5.56 Å². The molecule has 4 aromatic rings. The van der Waals surface area contributed by atoms with Crippen LogP contribution < -0.4 is 10.9 Å². The molecule has 6 heteroatoms. The molecule has 0 amide bonds. The molecule has 0 unspecified atom stereocenters. The lowest BCUT2D eigenvalue weighted by Gasteiger charge is -2.34. The Labute approximate surface area is 185 Å². The van der Waals surface area contributed by atoms with Crippen LogP contribution in [-0.4, -0.2) is 35.1 Å². The number of benzene rings is 2. The van der Waals surface area contributed by atoms with Crippen molar-refractivity contribution < 1.29 is 8.81 Å². The van der Waals surface area contributed by atoms with Crippen molar-refractivity contribution in [2.24, 2.45) is 0 Å². The minimum atomic E-state index is -0.193. The molecule has 164 valence electrons.